The third kappa shape index (κ3) is 3.94. The van der Waals surface area contributed by atoms with Crippen molar-refractivity contribution in [1.82, 2.24) is 24.8 Å². The number of anilines is 1. The summed E-state index contributed by atoms with van der Waals surface area (Å²) in [7, 11) is 0. The molecule has 1 aromatic carbocycles. The van der Waals surface area contributed by atoms with Gasteiger partial charge in [-0.2, -0.15) is 0 Å². The van der Waals surface area contributed by atoms with Crippen LogP contribution < -0.4 is 4.90 Å². The lowest BCUT2D eigenvalue weighted by Gasteiger charge is -2.25. The van der Waals surface area contributed by atoms with E-state index in [9.17, 15) is 14.0 Å². The minimum absolute atomic E-state index is 0.0711. The van der Waals surface area contributed by atoms with Crippen LogP contribution in [0, 0.1) is 19.7 Å². The first-order valence-corrected chi connectivity index (χ1v) is 10.9. The number of carbonyl (C=O) groups excluding carboxylic acids is 2. The van der Waals surface area contributed by atoms with Crippen LogP contribution in [0.3, 0.4) is 0 Å². The van der Waals surface area contributed by atoms with Crippen LogP contribution in [0.15, 0.2) is 36.7 Å². The lowest BCUT2D eigenvalue weighted by atomic mass is 10.1. The SMILES string of the molecule is Cc1cnc(C(=O)N2CCC[C@@H]2c2nc(C)c3c(n2)N(Cc2ccc(F)cc2)C(=O)C3)cn1. The number of aromatic nitrogens is 4. The Morgan fingerprint density at radius 3 is 2.64 bits per heavy atom. The van der Waals surface area contributed by atoms with Gasteiger partial charge in [-0.05, 0) is 44.4 Å². The van der Waals surface area contributed by atoms with E-state index in [4.69, 9.17) is 4.98 Å². The molecule has 1 atom stereocenters. The lowest BCUT2D eigenvalue weighted by Crippen LogP contribution is -2.33. The second-order valence-corrected chi connectivity index (χ2v) is 8.45. The summed E-state index contributed by atoms with van der Waals surface area (Å²) >= 11 is 0. The maximum absolute atomic E-state index is 13.3. The van der Waals surface area contributed by atoms with Gasteiger partial charge in [0.2, 0.25) is 5.91 Å². The molecule has 0 radical (unpaired) electrons. The molecule has 5 rings (SSSR count). The van der Waals surface area contributed by atoms with E-state index in [0.717, 1.165) is 35.4 Å². The second-order valence-electron chi connectivity index (χ2n) is 8.45. The number of fused-ring (bicyclic) bond motifs is 1. The van der Waals surface area contributed by atoms with Gasteiger partial charge in [0.25, 0.3) is 5.91 Å². The third-order valence-corrected chi connectivity index (χ3v) is 6.16. The summed E-state index contributed by atoms with van der Waals surface area (Å²) in [5.74, 6) is 0.498. The smallest absolute Gasteiger partial charge is 0.274 e. The fraction of sp³-hybridized carbons (Fsp3) is 0.333. The number of carbonyl (C=O) groups is 2. The molecule has 3 aromatic rings. The summed E-state index contributed by atoms with van der Waals surface area (Å²) in [6.45, 7) is 4.57. The first-order valence-electron chi connectivity index (χ1n) is 10.9. The number of nitrogens with zero attached hydrogens (tertiary/aromatic N) is 6. The standard InChI is InChI=1S/C24H23FN6O2/c1-14-11-27-19(12-26-14)24(33)30-9-3-4-20(30)22-28-15(2)18-10-21(32)31(23(18)29-22)13-16-5-7-17(25)8-6-16/h5-8,11-12,20H,3-4,9-10,13H2,1-2H3/t20-/m1/s1. The zero-order valence-corrected chi connectivity index (χ0v) is 18.5. The molecule has 9 heteroatoms. The number of halogens is 1. The van der Waals surface area contributed by atoms with E-state index < -0.39 is 0 Å². The van der Waals surface area contributed by atoms with Gasteiger partial charge in [0.15, 0.2) is 5.82 Å². The van der Waals surface area contributed by atoms with Crippen molar-refractivity contribution in [2.45, 2.75) is 45.7 Å². The van der Waals surface area contributed by atoms with Crippen LogP contribution in [0.2, 0.25) is 0 Å². The van der Waals surface area contributed by atoms with Gasteiger partial charge < -0.3 is 4.90 Å². The topological polar surface area (TPSA) is 92.2 Å². The minimum atomic E-state index is -0.323. The summed E-state index contributed by atoms with van der Waals surface area (Å²) in [6.07, 6.45) is 4.86. The van der Waals surface area contributed by atoms with Gasteiger partial charge in [0.05, 0.1) is 30.9 Å². The van der Waals surface area contributed by atoms with Gasteiger partial charge in [0, 0.05) is 24.0 Å². The molecule has 1 fully saturated rings. The van der Waals surface area contributed by atoms with Gasteiger partial charge >= 0.3 is 0 Å². The molecule has 0 unspecified atom stereocenters. The first kappa shape index (κ1) is 21.1. The molecule has 1 saturated heterocycles. The van der Waals surface area contributed by atoms with E-state index >= 15 is 0 Å². The van der Waals surface area contributed by atoms with Crippen molar-refractivity contribution in [1.29, 1.82) is 0 Å². The molecule has 0 N–H and O–H groups in total. The molecule has 0 aliphatic carbocycles. The largest absolute Gasteiger partial charge is 0.327 e. The molecular formula is C24H23FN6O2. The first-order chi connectivity index (χ1) is 15.9. The van der Waals surface area contributed by atoms with Gasteiger partial charge in [0.1, 0.15) is 17.3 Å². The normalized spacial score (nSPS) is 17.5. The molecule has 2 aromatic heterocycles. The summed E-state index contributed by atoms with van der Waals surface area (Å²) in [5, 5.41) is 0. The zero-order valence-electron chi connectivity index (χ0n) is 18.5. The van der Waals surface area contributed by atoms with Crippen LogP contribution >= 0.6 is 0 Å². The van der Waals surface area contributed by atoms with E-state index in [1.807, 2.05) is 13.8 Å². The Hall–Kier alpha value is -3.75. The van der Waals surface area contributed by atoms with Crippen molar-refractivity contribution in [3.8, 4) is 0 Å². The van der Waals surface area contributed by atoms with Gasteiger partial charge in [-0.3, -0.25) is 19.5 Å². The molecule has 33 heavy (non-hydrogen) atoms. The number of amides is 2. The molecule has 2 aliphatic rings. The third-order valence-electron chi connectivity index (χ3n) is 6.16. The van der Waals surface area contributed by atoms with E-state index in [1.54, 1.807) is 28.1 Å². The average molecular weight is 446 g/mol. The number of hydrogen-bond donors (Lipinski definition) is 0. The number of likely N-dealkylation sites (tertiary alicyclic amines) is 1. The molecular weight excluding hydrogens is 423 g/mol. The minimum Gasteiger partial charge on any atom is -0.327 e. The number of rotatable bonds is 4. The quantitative estimate of drug-likeness (QED) is 0.612. The van der Waals surface area contributed by atoms with Gasteiger partial charge in [-0.15, -0.1) is 0 Å². The monoisotopic (exact) mass is 446 g/mol. The molecule has 0 saturated carbocycles. The van der Waals surface area contributed by atoms with Crippen LogP contribution in [0.25, 0.3) is 0 Å². The molecule has 0 bridgehead atoms. The molecule has 8 nitrogen and oxygen atoms in total. The highest BCUT2D eigenvalue weighted by atomic mass is 19.1. The Labute approximate surface area is 190 Å². The zero-order chi connectivity index (χ0) is 23.1. The average Bonchev–Trinajstić information content (AvgIpc) is 3.41. The molecule has 4 heterocycles. The van der Waals surface area contributed by atoms with Gasteiger partial charge in [-0.25, -0.2) is 19.3 Å². The fourth-order valence-electron chi connectivity index (χ4n) is 4.41. The summed E-state index contributed by atoms with van der Waals surface area (Å²) < 4.78 is 13.3. The van der Waals surface area contributed by atoms with Crippen LogP contribution in [-0.4, -0.2) is 43.2 Å². The highest BCUT2D eigenvalue weighted by Crippen LogP contribution is 2.36. The van der Waals surface area contributed by atoms with Crippen LogP contribution in [0.5, 0.6) is 0 Å². The number of aryl methyl sites for hydroxylation is 2. The maximum Gasteiger partial charge on any atom is 0.274 e. The summed E-state index contributed by atoms with van der Waals surface area (Å²) in [5.41, 5.74) is 3.38. The fourth-order valence-corrected chi connectivity index (χ4v) is 4.41. The van der Waals surface area contributed by atoms with Crippen molar-refractivity contribution >= 4 is 17.6 Å². The van der Waals surface area contributed by atoms with Crippen molar-refractivity contribution in [3.05, 3.63) is 76.5 Å². The van der Waals surface area contributed by atoms with E-state index in [-0.39, 0.29) is 30.1 Å². The lowest BCUT2D eigenvalue weighted by molar-refractivity contribution is -0.117. The Morgan fingerprint density at radius 1 is 1.12 bits per heavy atom. The van der Waals surface area contributed by atoms with Gasteiger partial charge in [-0.1, -0.05) is 12.1 Å². The highest BCUT2D eigenvalue weighted by molar-refractivity contribution is 6.00. The summed E-state index contributed by atoms with van der Waals surface area (Å²) in [6, 6.07) is 5.78. The van der Waals surface area contributed by atoms with Crippen LogP contribution in [0.4, 0.5) is 10.2 Å². The second kappa shape index (κ2) is 8.31. The van der Waals surface area contributed by atoms with E-state index in [0.29, 0.717) is 30.4 Å². The molecule has 2 aliphatic heterocycles. The Bertz CT molecular complexity index is 1230. The van der Waals surface area contributed by atoms with Crippen molar-refractivity contribution < 1.29 is 14.0 Å². The number of benzene rings is 1. The van der Waals surface area contributed by atoms with Crippen LogP contribution in [0.1, 0.15) is 57.7 Å². The Kier molecular flexibility index (Phi) is 5.32. The molecule has 168 valence electrons. The summed E-state index contributed by atoms with van der Waals surface area (Å²) in [4.78, 5) is 47.1. The molecule has 2 amide bonds. The molecule has 0 spiro atoms. The maximum atomic E-state index is 13.3. The van der Waals surface area contributed by atoms with Crippen molar-refractivity contribution in [2.24, 2.45) is 0 Å². The number of hydrogen-bond acceptors (Lipinski definition) is 6. The Balaban J connectivity index is 1.46. The predicted octanol–water partition coefficient (Wildman–Crippen LogP) is 3.09. The predicted molar refractivity (Wildman–Crippen MR) is 118 cm³/mol. The van der Waals surface area contributed by atoms with Crippen molar-refractivity contribution in [2.75, 3.05) is 11.4 Å². The van der Waals surface area contributed by atoms with Crippen molar-refractivity contribution in [3.63, 3.8) is 0 Å². The Morgan fingerprint density at radius 2 is 1.91 bits per heavy atom. The van der Waals surface area contributed by atoms with E-state index in [2.05, 4.69) is 15.0 Å². The van der Waals surface area contributed by atoms with E-state index in [1.165, 1.54) is 18.3 Å². The highest BCUT2D eigenvalue weighted by Gasteiger charge is 2.37. The van der Waals surface area contributed by atoms with Crippen LogP contribution in [-0.2, 0) is 17.8 Å².